The summed E-state index contributed by atoms with van der Waals surface area (Å²) < 4.78 is 0. The van der Waals surface area contributed by atoms with Gasteiger partial charge in [-0.3, -0.25) is 0 Å². The first-order valence-electron chi connectivity index (χ1n) is 6.15. The van der Waals surface area contributed by atoms with Crippen LogP contribution in [0, 0.1) is 6.92 Å². The highest BCUT2D eigenvalue weighted by atomic mass is 16.3. The van der Waals surface area contributed by atoms with Crippen molar-refractivity contribution < 1.29 is 10.2 Å². The van der Waals surface area contributed by atoms with Gasteiger partial charge in [-0.1, -0.05) is 29.8 Å². The first kappa shape index (κ1) is 14.2. The Labute approximate surface area is 104 Å². The SMILES string of the molecule is Cc1cccc(CCN(C)C(CO)CCO)c1. The molecule has 96 valence electrons. The van der Waals surface area contributed by atoms with E-state index in [1.807, 2.05) is 7.05 Å². The van der Waals surface area contributed by atoms with E-state index in [2.05, 4.69) is 36.1 Å². The Hall–Kier alpha value is -0.900. The summed E-state index contributed by atoms with van der Waals surface area (Å²) in [7, 11) is 1.99. The zero-order valence-corrected chi connectivity index (χ0v) is 10.8. The molecular weight excluding hydrogens is 214 g/mol. The lowest BCUT2D eigenvalue weighted by molar-refractivity contribution is 0.120. The van der Waals surface area contributed by atoms with Crippen molar-refractivity contribution in [1.82, 2.24) is 4.90 Å². The number of nitrogens with zero attached hydrogens (tertiary/aromatic N) is 1. The molecule has 0 aliphatic carbocycles. The summed E-state index contributed by atoms with van der Waals surface area (Å²) in [6, 6.07) is 8.54. The summed E-state index contributed by atoms with van der Waals surface area (Å²) in [6.45, 7) is 3.22. The van der Waals surface area contributed by atoms with Crippen LogP contribution in [0.5, 0.6) is 0 Å². The van der Waals surface area contributed by atoms with E-state index in [9.17, 15) is 5.11 Å². The zero-order valence-electron chi connectivity index (χ0n) is 10.8. The van der Waals surface area contributed by atoms with E-state index < -0.39 is 0 Å². The molecule has 0 spiro atoms. The quantitative estimate of drug-likeness (QED) is 0.749. The molecule has 0 fully saturated rings. The molecule has 0 aliphatic heterocycles. The summed E-state index contributed by atoms with van der Waals surface area (Å²) in [6.07, 6.45) is 1.60. The number of benzene rings is 1. The van der Waals surface area contributed by atoms with Gasteiger partial charge in [0.2, 0.25) is 0 Å². The summed E-state index contributed by atoms with van der Waals surface area (Å²) in [5.41, 5.74) is 2.59. The molecule has 1 aromatic rings. The lowest BCUT2D eigenvalue weighted by Crippen LogP contribution is -2.36. The normalized spacial score (nSPS) is 13.0. The molecule has 0 aliphatic rings. The van der Waals surface area contributed by atoms with Crippen molar-refractivity contribution in [1.29, 1.82) is 0 Å². The van der Waals surface area contributed by atoms with Crippen LogP contribution in [0.2, 0.25) is 0 Å². The molecule has 0 saturated carbocycles. The molecule has 2 N–H and O–H groups in total. The van der Waals surface area contributed by atoms with Gasteiger partial charge in [0.15, 0.2) is 0 Å². The molecule has 1 atom stereocenters. The van der Waals surface area contributed by atoms with Gasteiger partial charge in [-0.15, -0.1) is 0 Å². The summed E-state index contributed by atoms with van der Waals surface area (Å²) >= 11 is 0. The third-order valence-electron chi connectivity index (χ3n) is 3.13. The number of aliphatic hydroxyl groups excluding tert-OH is 2. The van der Waals surface area contributed by atoms with Crippen LogP contribution in [-0.4, -0.2) is 48.0 Å². The van der Waals surface area contributed by atoms with E-state index in [1.54, 1.807) is 0 Å². The van der Waals surface area contributed by atoms with Crippen molar-refractivity contribution in [2.24, 2.45) is 0 Å². The zero-order chi connectivity index (χ0) is 12.7. The summed E-state index contributed by atoms with van der Waals surface area (Å²) in [5.74, 6) is 0. The highest BCUT2D eigenvalue weighted by molar-refractivity contribution is 5.22. The Balaban J connectivity index is 2.44. The molecule has 1 rings (SSSR count). The Morgan fingerprint density at radius 3 is 2.65 bits per heavy atom. The van der Waals surface area contributed by atoms with Crippen LogP contribution in [0.4, 0.5) is 0 Å². The second-order valence-electron chi connectivity index (χ2n) is 4.57. The lowest BCUT2D eigenvalue weighted by Gasteiger charge is -2.25. The van der Waals surface area contributed by atoms with Crippen molar-refractivity contribution in [3.8, 4) is 0 Å². The predicted octanol–water partition coefficient (Wildman–Crippen LogP) is 1.21. The molecule has 1 unspecified atom stereocenters. The summed E-state index contributed by atoms with van der Waals surface area (Å²) in [4.78, 5) is 2.11. The molecule has 3 nitrogen and oxygen atoms in total. The van der Waals surface area contributed by atoms with Crippen LogP contribution < -0.4 is 0 Å². The van der Waals surface area contributed by atoms with Gasteiger partial charge in [-0.25, -0.2) is 0 Å². The van der Waals surface area contributed by atoms with Gasteiger partial charge in [-0.05, 0) is 32.4 Å². The molecule has 1 aromatic carbocycles. The number of aliphatic hydroxyl groups is 2. The van der Waals surface area contributed by atoms with Crippen LogP contribution in [0.3, 0.4) is 0 Å². The third kappa shape index (κ3) is 4.86. The maximum absolute atomic E-state index is 9.22. The second kappa shape index (κ2) is 7.43. The molecule has 0 radical (unpaired) electrons. The second-order valence-corrected chi connectivity index (χ2v) is 4.57. The topological polar surface area (TPSA) is 43.7 Å². The number of likely N-dealkylation sites (N-methyl/N-ethyl adjacent to an activating group) is 1. The maximum Gasteiger partial charge on any atom is 0.0587 e. The molecule has 0 bridgehead atoms. The van der Waals surface area contributed by atoms with Gasteiger partial charge in [0, 0.05) is 19.2 Å². The van der Waals surface area contributed by atoms with Gasteiger partial charge in [0.1, 0.15) is 0 Å². The first-order valence-corrected chi connectivity index (χ1v) is 6.15. The van der Waals surface area contributed by atoms with Crippen LogP contribution in [0.25, 0.3) is 0 Å². The van der Waals surface area contributed by atoms with Gasteiger partial charge >= 0.3 is 0 Å². The fraction of sp³-hybridized carbons (Fsp3) is 0.571. The van der Waals surface area contributed by atoms with Crippen LogP contribution in [-0.2, 0) is 6.42 Å². The highest BCUT2D eigenvalue weighted by Crippen LogP contribution is 2.07. The molecule has 0 saturated heterocycles. The number of hydrogen-bond donors (Lipinski definition) is 2. The fourth-order valence-electron chi connectivity index (χ4n) is 1.96. The van der Waals surface area contributed by atoms with E-state index >= 15 is 0 Å². The molecule has 0 aromatic heterocycles. The van der Waals surface area contributed by atoms with Gasteiger partial charge < -0.3 is 15.1 Å². The van der Waals surface area contributed by atoms with E-state index in [0.29, 0.717) is 6.42 Å². The van der Waals surface area contributed by atoms with Gasteiger partial charge in [0.05, 0.1) is 6.61 Å². The Morgan fingerprint density at radius 1 is 1.29 bits per heavy atom. The van der Waals surface area contributed by atoms with Gasteiger partial charge in [0.25, 0.3) is 0 Å². The Morgan fingerprint density at radius 2 is 2.06 bits per heavy atom. The molecule has 0 amide bonds. The number of aryl methyl sites for hydroxylation is 1. The Kier molecular flexibility index (Phi) is 6.19. The standard InChI is InChI=1S/C14H23NO2/c1-12-4-3-5-13(10-12)6-8-15(2)14(11-17)7-9-16/h3-5,10,14,16-17H,6-9,11H2,1-2H3. The van der Waals surface area contributed by atoms with Crippen molar-refractivity contribution in [3.05, 3.63) is 35.4 Å². The fourth-order valence-corrected chi connectivity index (χ4v) is 1.96. The van der Waals surface area contributed by atoms with E-state index in [4.69, 9.17) is 5.11 Å². The monoisotopic (exact) mass is 237 g/mol. The smallest absolute Gasteiger partial charge is 0.0587 e. The average Bonchev–Trinajstić information content (AvgIpc) is 2.33. The van der Waals surface area contributed by atoms with Crippen molar-refractivity contribution >= 4 is 0 Å². The van der Waals surface area contributed by atoms with Crippen molar-refractivity contribution in [2.45, 2.75) is 25.8 Å². The maximum atomic E-state index is 9.22. The number of rotatable bonds is 7. The lowest BCUT2D eigenvalue weighted by atomic mass is 10.1. The third-order valence-corrected chi connectivity index (χ3v) is 3.13. The highest BCUT2D eigenvalue weighted by Gasteiger charge is 2.12. The molecular formula is C14H23NO2. The Bertz CT molecular complexity index is 328. The minimum atomic E-state index is 0.0600. The largest absolute Gasteiger partial charge is 0.396 e. The average molecular weight is 237 g/mol. The van der Waals surface area contributed by atoms with Crippen LogP contribution in [0.15, 0.2) is 24.3 Å². The van der Waals surface area contributed by atoms with E-state index in [1.165, 1.54) is 11.1 Å². The van der Waals surface area contributed by atoms with Crippen LogP contribution in [0.1, 0.15) is 17.5 Å². The predicted molar refractivity (Wildman–Crippen MR) is 70.1 cm³/mol. The molecule has 3 heteroatoms. The van der Waals surface area contributed by atoms with Crippen molar-refractivity contribution in [2.75, 3.05) is 26.8 Å². The van der Waals surface area contributed by atoms with E-state index in [-0.39, 0.29) is 19.3 Å². The summed E-state index contributed by atoms with van der Waals surface area (Å²) in [5, 5.41) is 18.1. The van der Waals surface area contributed by atoms with Crippen LogP contribution >= 0.6 is 0 Å². The minimum absolute atomic E-state index is 0.0600. The molecule has 0 heterocycles. The van der Waals surface area contributed by atoms with Gasteiger partial charge in [-0.2, -0.15) is 0 Å². The first-order chi connectivity index (χ1) is 8.17. The minimum Gasteiger partial charge on any atom is -0.396 e. The number of hydrogen-bond acceptors (Lipinski definition) is 3. The molecule has 17 heavy (non-hydrogen) atoms. The van der Waals surface area contributed by atoms with E-state index in [0.717, 1.165) is 13.0 Å². The van der Waals surface area contributed by atoms with Crippen molar-refractivity contribution in [3.63, 3.8) is 0 Å².